The first-order valence-electron chi connectivity index (χ1n) is 9.31. The minimum atomic E-state index is -0.0837. The smallest absolute Gasteiger partial charge is 0.193 e. The van der Waals surface area contributed by atoms with Crippen LogP contribution in [0.15, 0.2) is 41.4 Å². The zero-order valence-electron chi connectivity index (χ0n) is 15.3. The van der Waals surface area contributed by atoms with Gasteiger partial charge in [0.2, 0.25) is 0 Å². The molecule has 2 aliphatic heterocycles. The second-order valence-electron chi connectivity index (χ2n) is 7.47. The van der Waals surface area contributed by atoms with Crippen molar-refractivity contribution in [2.45, 2.75) is 30.7 Å². The summed E-state index contributed by atoms with van der Waals surface area (Å²) in [7, 11) is 1.84. The Kier molecular flexibility index (Phi) is 6.22. The summed E-state index contributed by atoms with van der Waals surface area (Å²) < 4.78 is 14.2. The van der Waals surface area contributed by atoms with Crippen molar-refractivity contribution >= 4 is 29.9 Å². The van der Waals surface area contributed by atoms with E-state index in [1.807, 2.05) is 19.2 Å². The highest BCUT2D eigenvalue weighted by Gasteiger charge is 2.46. The minimum Gasteiger partial charge on any atom is -0.355 e. The number of nitrogens with one attached hydrogen (secondary N) is 1. The first-order valence-corrected chi connectivity index (χ1v) is 9.31. The van der Waals surface area contributed by atoms with Crippen molar-refractivity contribution in [1.29, 1.82) is 0 Å². The molecular formula is C20H28FIN4. The van der Waals surface area contributed by atoms with Crippen LogP contribution < -0.4 is 5.32 Å². The molecule has 4 rings (SSSR count). The van der Waals surface area contributed by atoms with Gasteiger partial charge in [-0.05, 0) is 30.9 Å². The number of hydrogen-bond acceptors (Lipinski definition) is 2. The summed E-state index contributed by atoms with van der Waals surface area (Å²) in [6.07, 6.45) is 7.77. The molecule has 1 N–H and O–H groups in total. The van der Waals surface area contributed by atoms with Gasteiger partial charge in [-0.15, -0.1) is 24.0 Å². The lowest BCUT2D eigenvalue weighted by Crippen LogP contribution is -2.45. The van der Waals surface area contributed by atoms with Crippen molar-refractivity contribution in [3.8, 4) is 0 Å². The van der Waals surface area contributed by atoms with Crippen LogP contribution in [0, 0.1) is 5.82 Å². The number of rotatable bonds is 4. The Morgan fingerprint density at radius 1 is 1.27 bits per heavy atom. The minimum absolute atomic E-state index is 0. The van der Waals surface area contributed by atoms with Crippen molar-refractivity contribution in [2.24, 2.45) is 4.99 Å². The molecular weight excluding hydrogens is 442 g/mol. The summed E-state index contributed by atoms with van der Waals surface area (Å²) in [5, 5.41) is 3.53. The van der Waals surface area contributed by atoms with E-state index in [0.29, 0.717) is 6.04 Å². The quantitative estimate of drug-likeness (QED) is 0.318. The molecule has 4 nitrogen and oxygen atoms in total. The molecule has 1 saturated carbocycles. The zero-order chi connectivity index (χ0) is 17.3. The van der Waals surface area contributed by atoms with Crippen LogP contribution >= 0.6 is 24.0 Å². The predicted molar refractivity (Wildman–Crippen MR) is 115 cm³/mol. The summed E-state index contributed by atoms with van der Waals surface area (Å²) in [5.74, 6) is 0.872. The molecule has 142 valence electrons. The third-order valence-corrected chi connectivity index (χ3v) is 5.92. The van der Waals surface area contributed by atoms with Crippen LogP contribution in [0.1, 0.15) is 24.8 Å². The number of hydrogen-bond donors (Lipinski definition) is 1. The molecule has 1 unspecified atom stereocenters. The Balaban J connectivity index is 0.00000196. The topological polar surface area (TPSA) is 30.9 Å². The highest BCUT2D eigenvalue weighted by molar-refractivity contribution is 14.0. The second kappa shape index (κ2) is 8.25. The molecule has 0 spiro atoms. The first-order chi connectivity index (χ1) is 12.2. The van der Waals surface area contributed by atoms with Gasteiger partial charge in [0.25, 0.3) is 0 Å². The Hall–Kier alpha value is -1.15. The predicted octanol–water partition coefficient (Wildman–Crippen LogP) is 3.00. The van der Waals surface area contributed by atoms with Crippen LogP contribution in [0.2, 0.25) is 0 Å². The summed E-state index contributed by atoms with van der Waals surface area (Å²) in [6, 6.07) is 7.80. The molecule has 6 heteroatoms. The van der Waals surface area contributed by atoms with E-state index in [9.17, 15) is 4.39 Å². The van der Waals surface area contributed by atoms with Gasteiger partial charge in [-0.3, -0.25) is 9.89 Å². The lowest BCUT2D eigenvalue weighted by atomic mass is 9.95. The Morgan fingerprint density at radius 2 is 2.00 bits per heavy atom. The van der Waals surface area contributed by atoms with Gasteiger partial charge in [0.05, 0.1) is 0 Å². The van der Waals surface area contributed by atoms with Crippen LogP contribution in [0.4, 0.5) is 4.39 Å². The van der Waals surface area contributed by atoms with Gasteiger partial charge in [-0.2, -0.15) is 0 Å². The van der Waals surface area contributed by atoms with Gasteiger partial charge in [-0.25, -0.2) is 4.39 Å². The third kappa shape index (κ3) is 3.91. The largest absolute Gasteiger partial charge is 0.355 e. The fourth-order valence-corrected chi connectivity index (χ4v) is 4.19. The van der Waals surface area contributed by atoms with Crippen molar-refractivity contribution < 1.29 is 4.39 Å². The van der Waals surface area contributed by atoms with Gasteiger partial charge in [0.15, 0.2) is 5.96 Å². The fourth-order valence-electron chi connectivity index (χ4n) is 4.19. The molecule has 1 aromatic rings. The molecule has 0 amide bonds. The molecule has 1 aromatic carbocycles. The van der Waals surface area contributed by atoms with Crippen molar-refractivity contribution in [2.75, 3.05) is 39.8 Å². The lowest BCUT2D eigenvalue weighted by Gasteiger charge is -2.27. The van der Waals surface area contributed by atoms with Crippen LogP contribution in [0.5, 0.6) is 0 Å². The Bertz CT molecular complexity index is 678. The van der Waals surface area contributed by atoms with Gasteiger partial charge in [0.1, 0.15) is 5.82 Å². The average molecular weight is 470 g/mol. The van der Waals surface area contributed by atoms with E-state index in [-0.39, 0.29) is 35.2 Å². The van der Waals surface area contributed by atoms with Gasteiger partial charge in [-0.1, -0.05) is 30.4 Å². The lowest BCUT2D eigenvalue weighted by molar-refractivity contribution is 0.259. The second-order valence-corrected chi connectivity index (χ2v) is 7.47. The van der Waals surface area contributed by atoms with Gasteiger partial charge < -0.3 is 10.2 Å². The van der Waals surface area contributed by atoms with Crippen LogP contribution in [-0.2, 0) is 5.41 Å². The molecule has 0 aromatic heterocycles. The fraction of sp³-hybridized carbons (Fsp3) is 0.550. The van der Waals surface area contributed by atoms with Crippen LogP contribution in [-0.4, -0.2) is 61.6 Å². The van der Waals surface area contributed by atoms with E-state index in [0.717, 1.165) is 57.1 Å². The molecule has 3 aliphatic rings. The normalized spacial score (nSPS) is 24.6. The molecule has 1 aliphatic carbocycles. The summed E-state index contributed by atoms with van der Waals surface area (Å²) in [6.45, 7) is 4.95. The Labute approximate surface area is 172 Å². The number of nitrogens with zero attached hydrogens (tertiary/aromatic N) is 3. The van der Waals surface area contributed by atoms with E-state index < -0.39 is 0 Å². The van der Waals surface area contributed by atoms with E-state index >= 15 is 0 Å². The molecule has 1 atom stereocenters. The number of aliphatic imine (C=N–C) groups is 1. The van der Waals surface area contributed by atoms with E-state index in [1.165, 1.54) is 6.42 Å². The summed E-state index contributed by atoms with van der Waals surface area (Å²) in [5.41, 5.74) is 0.791. The van der Waals surface area contributed by atoms with E-state index in [1.54, 1.807) is 12.1 Å². The van der Waals surface area contributed by atoms with E-state index in [2.05, 4.69) is 32.3 Å². The molecule has 0 bridgehead atoms. The Morgan fingerprint density at radius 3 is 2.65 bits per heavy atom. The van der Waals surface area contributed by atoms with Crippen molar-refractivity contribution in [3.05, 3.63) is 47.8 Å². The standard InChI is InChI=1S/C20H27FN4.HI/c1-22-19(25-13-8-16(14-25)24-11-4-5-12-24)23-15-20(9-10-20)17-6-2-3-7-18(17)21;/h2-7,16H,8-15H2,1H3,(H,22,23);1H. The maximum atomic E-state index is 14.2. The SMILES string of the molecule is CN=C(NCC1(c2ccccc2F)CC1)N1CCC(N2CC=CC2)C1.I. The van der Waals surface area contributed by atoms with Crippen LogP contribution in [0.3, 0.4) is 0 Å². The molecule has 1 saturated heterocycles. The summed E-state index contributed by atoms with van der Waals surface area (Å²) in [4.78, 5) is 9.35. The molecule has 2 heterocycles. The van der Waals surface area contributed by atoms with Gasteiger partial charge in [0, 0.05) is 51.2 Å². The van der Waals surface area contributed by atoms with E-state index in [4.69, 9.17) is 0 Å². The summed E-state index contributed by atoms with van der Waals surface area (Å²) >= 11 is 0. The molecule has 2 fully saturated rings. The zero-order valence-corrected chi connectivity index (χ0v) is 17.7. The number of guanidine groups is 1. The monoisotopic (exact) mass is 470 g/mol. The van der Waals surface area contributed by atoms with Crippen LogP contribution in [0.25, 0.3) is 0 Å². The maximum Gasteiger partial charge on any atom is 0.193 e. The number of benzene rings is 1. The maximum absolute atomic E-state index is 14.2. The average Bonchev–Trinajstić information content (AvgIpc) is 3.03. The van der Waals surface area contributed by atoms with Crippen molar-refractivity contribution in [1.82, 2.24) is 15.1 Å². The number of halogens is 2. The highest BCUT2D eigenvalue weighted by Crippen LogP contribution is 2.48. The van der Waals surface area contributed by atoms with Gasteiger partial charge >= 0.3 is 0 Å². The molecule has 0 radical (unpaired) electrons. The number of likely N-dealkylation sites (tertiary alicyclic amines) is 1. The molecule has 26 heavy (non-hydrogen) atoms. The van der Waals surface area contributed by atoms with Crippen molar-refractivity contribution in [3.63, 3.8) is 0 Å². The first kappa shape index (κ1) is 19.6. The highest BCUT2D eigenvalue weighted by atomic mass is 127. The third-order valence-electron chi connectivity index (χ3n) is 5.92.